The number of halogens is 1. The van der Waals surface area contributed by atoms with E-state index in [0.29, 0.717) is 18.4 Å². The van der Waals surface area contributed by atoms with Crippen molar-refractivity contribution >= 4 is 0 Å². The average molecular weight is 196 g/mol. The van der Waals surface area contributed by atoms with Crippen LogP contribution < -0.4 is 0 Å². The van der Waals surface area contributed by atoms with Gasteiger partial charge in [0.05, 0.1) is 6.10 Å². The molecule has 2 heteroatoms. The minimum Gasteiger partial charge on any atom is -0.393 e. The molecule has 0 aromatic heterocycles. The van der Waals surface area contributed by atoms with Gasteiger partial charge in [-0.15, -0.1) is 0 Å². The van der Waals surface area contributed by atoms with Crippen LogP contribution in [0.25, 0.3) is 0 Å². The number of hydrogen-bond acceptors (Lipinski definition) is 1. The van der Waals surface area contributed by atoms with E-state index >= 15 is 0 Å². The molecule has 1 rings (SSSR count). The Bertz CT molecular complexity index is 283. The maximum absolute atomic E-state index is 13.2. The van der Waals surface area contributed by atoms with Crippen molar-refractivity contribution in [1.82, 2.24) is 0 Å². The lowest BCUT2D eigenvalue weighted by atomic mass is 9.99. The fourth-order valence-corrected chi connectivity index (χ4v) is 1.34. The molecule has 0 heterocycles. The Morgan fingerprint density at radius 1 is 1.29 bits per heavy atom. The van der Waals surface area contributed by atoms with Gasteiger partial charge in [0.2, 0.25) is 0 Å². The van der Waals surface area contributed by atoms with Crippen LogP contribution in [0.2, 0.25) is 0 Å². The Kier molecular flexibility index (Phi) is 4.08. The number of rotatable bonds is 4. The maximum Gasteiger partial charge on any atom is 0.126 e. The molecule has 78 valence electrons. The zero-order valence-electron chi connectivity index (χ0n) is 8.70. The van der Waals surface area contributed by atoms with Gasteiger partial charge in [0.1, 0.15) is 5.82 Å². The van der Waals surface area contributed by atoms with E-state index in [1.54, 1.807) is 12.1 Å². The van der Waals surface area contributed by atoms with Crippen LogP contribution in [0.1, 0.15) is 25.8 Å². The normalized spacial score (nSPS) is 13.2. The monoisotopic (exact) mass is 196 g/mol. The van der Waals surface area contributed by atoms with Gasteiger partial charge in [-0.1, -0.05) is 32.0 Å². The van der Waals surface area contributed by atoms with Gasteiger partial charge in [0.25, 0.3) is 0 Å². The first-order valence-electron chi connectivity index (χ1n) is 5.02. The van der Waals surface area contributed by atoms with Crippen LogP contribution in [0.15, 0.2) is 24.3 Å². The van der Waals surface area contributed by atoms with E-state index in [1.165, 1.54) is 6.07 Å². The molecule has 1 atom stereocenters. The summed E-state index contributed by atoms with van der Waals surface area (Å²) in [6.07, 6.45) is 0.888. The van der Waals surface area contributed by atoms with Crippen LogP contribution in [0.5, 0.6) is 0 Å². The molecule has 0 saturated carbocycles. The molecule has 0 spiro atoms. The van der Waals surface area contributed by atoms with E-state index in [-0.39, 0.29) is 17.8 Å². The van der Waals surface area contributed by atoms with Crippen molar-refractivity contribution < 1.29 is 9.50 Å². The van der Waals surface area contributed by atoms with Crippen LogP contribution in [-0.4, -0.2) is 11.2 Å². The lowest BCUT2D eigenvalue weighted by Gasteiger charge is -2.14. The average Bonchev–Trinajstić information content (AvgIpc) is 2.16. The van der Waals surface area contributed by atoms with Crippen LogP contribution in [0.3, 0.4) is 0 Å². The van der Waals surface area contributed by atoms with Crippen LogP contribution >= 0.6 is 0 Å². The molecule has 1 aromatic carbocycles. The van der Waals surface area contributed by atoms with Gasteiger partial charge in [0, 0.05) is 0 Å². The van der Waals surface area contributed by atoms with Gasteiger partial charge >= 0.3 is 0 Å². The van der Waals surface area contributed by atoms with Gasteiger partial charge in [-0.3, -0.25) is 0 Å². The van der Waals surface area contributed by atoms with Gasteiger partial charge in [-0.05, 0) is 30.4 Å². The molecule has 1 aromatic rings. The van der Waals surface area contributed by atoms with E-state index in [4.69, 9.17) is 0 Å². The molecule has 0 radical (unpaired) electrons. The highest BCUT2D eigenvalue weighted by Gasteiger charge is 2.10. The number of benzene rings is 1. The molecule has 0 aliphatic heterocycles. The summed E-state index contributed by atoms with van der Waals surface area (Å²) in [5, 5.41) is 9.56. The fourth-order valence-electron chi connectivity index (χ4n) is 1.34. The van der Waals surface area contributed by atoms with Crippen LogP contribution in [-0.2, 0) is 6.42 Å². The molecular weight excluding hydrogens is 179 g/mol. The molecule has 0 bridgehead atoms. The van der Waals surface area contributed by atoms with Crippen LogP contribution in [0.4, 0.5) is 4.39 Å². The molecule has 14 heavy (non-hydrogen) atoms. The summed E-state index contributed by atoms with van der Waals surface area (Å²) in [6, 6.07) is 6.72. The van der Waals surface area contributed by atoms with E-state index in [1.807, 2.05) is 19.9 Å². The summed E-state index contributed by atoms with van der Waals surface area (Å²) in [4.78, 5) is 0. The highest BCUT2D eigenvalue weighted by atomic mass is 19.1. The largest absolute Gasteiger partial charge is 0.393 e. The van der Waals surface area contributed by atoms with E-state index in [2.05, 4.69) is 0 Å². The molecule has 0 aliphatic rings. The Balaban J connectivity index is 2.50. The lowest BCUT2D eigenvalue weighted by molar-refractivity contribution is 0.116. The first kappa shape index (κ1) is 11.2. The Labute approximate surface area is 84.6 Å². The Morgan fingerprint density at radius 3 is 2.50 bits per heavy atom. The molecule has 1 nitrogen and oxygen atoms in total. The predicted octanol–water partition coefficient (Wildman–Crippen LogP) is 2.78. The molecule has 0 saturated heterocycles. The van der Waals surface area contributed by atoms with Gasteiger partial charge in [0.15, 0.2) is 0 Å². The van der Waals surface area contributed by atoms with Crippen molar-refractivity contribution in [2.24, 2.45) is 5.92 Å². The second kappa shape index (κ2) is 5.11. The van der Waals surface area contributed by atoms with Crippen LogP contribution in [0, 0.1) is 11.7 Å². The van der Waals surface area contributed by atoms with Gasteiger partial charge < -0.3 is 5.11 Å². The highest BCUT2D eigenvalue weighted by molar-refractivity contribution is 5.17. The number of aryl methyl sites for hydroxylation is 1. The number of aliphatic hydroxyl groups excluding tert-OH is 1. The first-order chi connectivity index (χ1) is 6.61. The standard InChI is InChI=1S/C12H17FO/c1-9(2)12(14)8-7-10-5-3-4-6-11(10)13/h3-6,9,12,14H,7-8H2,1-2H3. The highest BCUT2D eigenvalue weighted by Crippen LogP contribution is 2.13. The predicted molar refractivity (Wildman–Crippen MR) is 55.6 cm³/mol. The summed E-state index contributed by atoms with van der Waals surface area (Å²) < 4.78 is 13.2. The molecule has 0 amide bonds. The van der Waals surface area contributed by atoms with E-state index in [9.17, 15) is 9.50 Å². The molecular formula is C12H17FO. The topological polar surface area (TPSA) is 20.2 Å². The zero-order chi connectivity index (χ0) is 10.6. The van der Waals surface area contributed by atoms with E-state index in [0.717, 1.165) is 0 Å². The summed E-state index contributed by atoms with van der Waals surface area (Å²) >= 11 is 0. The quantitative estimate of drug-likeness (QED) is 0.785. The second-order valence-electron chi connectivity index (χ2n) is 3.94. The molecule has 0 aliphatic carbocycles. The first-order valence-corrected chi connectivity index (χ1v) is 5.02. The molecule has 1 unspecified atom stereocenters. The minimum absolute atomic E-state index is 0.177. The van der Waals surface area contributed by atoms with Crippen molar-refractivity contribution in [3.63, 3.8) is 0 Å². The molecule has 1 N–H and O–H groups in total. The Hall–Kier alpha value is -0.890. The summed E-state index contributed by atoms with van der Waals surface area (Å²) in [7, 11) is 0. The zero-order valence-corrected chi connectivity index (χ0v) is 8.70. The number of hydrogen-bond donors (Lipinski definition) is 1. The van der Waals surface area contributed by atoms with E-state index < -0.39 is 0 Å². The third-order valence-electron chi connectivity index (χ3n) is 2.44. The van der Waals surface area contributed by atoms with Crippen molar-refractivity contribution in [3.05, 3.63) is 35.6 Å². The fraction of sp³-hybridized carbons (Fsp3) is 0.500. The summed E-state index contributed by atoms with van der Waals surface area (Å²) in [6.45, 7) is 3.93. The summed E-state index contributed by atoms with van der Waals surface area (Å²) in [5.41, 5.74) is 0.687. The van der Waals surface area contributed by atoms with Crippen molar-refractivity contribution in [2.45, 2.75) is 32.8 Å². The number of aliphatic hydroxyl groups is 1. The van der Waals surface area contributed by atoms with Crippen molar-refractivity contribution in [2.75, 3.05) is 0 Å². The van der Waals surface area contributed by atoms with Crippen molar-refractivity contribution in [3.8, 4) is 0 Å². The molecule has 0 fully saturated rings. The smallest absolute Gasteiger partial charge is 0.126 e. The summed E-state index contributed by atoms with van der Waals surface area (Å²) in [5.74, 6) is 0.0604. The van der Waals surface area contributed by atoms with Gasteiger partial charge in [-0.25, -0.2) is 4.39 Å². The van der Waals surface area contributed by atoms with Gasteiger partial charge in [-0.2, -0.15) is 0 Å². The maximum atomic E-state index is 13.2. The lowest BCUT2D eigenvalue weighted by Crippen LogP contribution is -2.15. The SMILES string of the molecule is CC(C)C(O)CCc1ccccc1F. The Morgan fingerprint density at radius 2 is 1.93 bits per heavy atom. The third kappa shape index (κ3) is 3.11. The van der Waals surface area contributed by atoms with Crippen molar-refractivity contribution in [1.29, 1.82) is 0 Å². The second-order valence-corrected chi connectivity index (χ2v) is 3.94. The minimum atomic E-state index is -0.338. The third-order valence-corrected chi connectivity index (χ3v) is 2.44.